The summed E-state index contributed by atoms with van der Waals surface area (Å²) in [5.74, 6) is -0.873. The van der Waals surface area contributed by atoms with Crippen LogP contribution in [-0.2, 0) is 15.8 Å². The second-order valence-corrected chi connectivity index (χ2v) is 7.28. The lowest BCUT2D eigenvalue weighted by Gasteiger charge is -2.32. The first-order chi connectivity index (χ1) is 12.8. The van der Waals surface area contributed by atoms with E-state index in [0.717, 1.165) is 25.0 Å². The molecule has 1 heterocycles. The Morgan fingerprint density at radius 2 is 2.04 bits per heavy atom. The minimum Gasteiger partial charge on any atom is -0.355 e. The van der Waals surface area contributed by atoms with Gasteiger partial charge in [-0.2, -0.15) is 13.2 Å². The number of hydrogen-bond donors (Lipinski definition) is 2. The second-order valence-electron chi connectivity index (χ2n) is 7.28. The Kier molecular flexibility index (Phi) is 7.33. The van der Waals surface area contributed by atoms with Gasteiger partial charge in [-0.05, 0) is 36.8 Å². The van der Waals surface area contributed by atoms with E-state index in [1.165, 1.54) is 6.07 Å². The van der Waals surface area contributed by atoms with E-state index in [1.54, 1.807) is 11.0 Å². The topological polar surface area (TPSA) is 75.4 Å². The highest BCUT2D eigenvalue weighted by atomic mass is 35.5. The molecule has 1 saturated heterocycles. The molecule has 156 valence electrons. The van der Waals surface area contributed by atoms with Gasteiger partial charge in [-0.1, -0.05) is 18.2 Å². The van der Waals surface area contributed by atoms with Gasteiger partial charge in [0.1, 0.15) is 0 Å². The Morgan fingerprint density at radius 1 is 1.29 bits per heavy atom. The molecule has 1 aromatic carbocycles. The molecule has 2 fully saturated rings. The van der Waals surface area contributed by atoms with Gasteiger partial charge < -0.3 is 16.0 Å². The Hall–Kier alpha value is -1.80. The third-order valence-corrected chi connectivity index (χ3v) is 5.30. The molecule has 1 aliphatic heterocycles. The van der Waals surface area contributed by atoms with Crippen LogP contribution in [-0.4, -0.2) is 42.9 Å². The van der Waals surface area contributed by atoms with Gasteiger partial charge in [-0.15, -0.1) is 12.4 Å². The molecule has 3 unspecified atom stereocenters. The Labute approximate surface area is 168 Å². The van der Waals surface area contributed by atoms with E-state index in [0.29, 0.717) is 38.2 Å². The van der Waals surface area contributed by atoms with E-state index < -0.39 is 11.7 Å². The fraction of sp³-hybridized carbons (Fsp3) is 0.579. The predicted octanol–water partition coefficient (Wildman–Crippen LogP) is 2.54. The highest BCUT2D eigenvalue weighted by Gasteiger charge is 2.47. The summed E-state index contributed by atoms with van der Waals surface area (Å²) in [4.78, 5) is 26.6. The van der Waals surface area contributed by atoms with Crippen LogP contribution in [0.2, 0.25) is 0 Å². The maximum absolute atomic E-state index is 12.9. The van der Waals surface area contributed by atoms with Crippen molar-refractivity contribution < 1.29 is 22.8 Å². The minimum absolute atomic E-state index is 0. The number of carbonyl (C=O) groups excluding carboxylic acids is 2. The third-order valence-electron chi connectivity index (χ3n) is 5.30. The number of amides is 2. The molecule has 0 bridgehead atoms. The van der Waals surface area contributed by atoms with E-state index in [2.05, 4.69) is 5.32 Å². The fourth-order valence-electron chi connectivity index (χ4n) is 3.75. The van der Waals surface area contributed by atoms with Crippen molar-refractivity contribution in [3.05, 3.63) is 35.4 Å². The van der Waals surface area contributed by atoms with Gasteiger partial charge >= 0.3 is 6.18 Å². The van der Waals surface area contributed by atoms with Crippen molar-refractivity contribution in [1.82, 2.24) is 10.2 Å². The summed E-state index contributed by atoms with van der Waals surface area (Å²) in [6.45, 7) is 1.72. The molecule has 0 aromatic heterocycles. The summed E-state index contributed by atoms with van der Waals surface area (Å²) >= 11 is 0. The van der Waals surface area contributed by atoms with Crippen LogP contribution in [0.1, 0.15) is 36.3 Å². The number of nitrogens with two attached hydrogens (primary N) is 1. The molecule has 5 nitrogen and oxygen atoms in total. The molecular weight excluding hydrogens is 395 g/mol. The SMILES string of the molecule is Cl.NCCNC(=O)C1CCCN(C(=O)C2CC2c2cccc(C(F)(F)F)c2)C1. The van der Waals surface area contributed by atoms with E-state index >= 15 is 0 Å². The van der Waals surface area contributed by atoms with Crippen molar-refractivity contribution in [2.24, 2.45) is 17.6 Å². The lowest BCUT2D eigenvalue weighted by molar-refractivity contribution is -0.138. The summed E-state index contributed by atoms with van der Waals surface area (Å²) in [7, 11) is 0. The number of hydrogen-bond acceptors (Lipinski definition) is 3. The quantitative estimate of drug-likeness (QED) is 0.770. The van der Waals surface area contributed by atoms with E-state index in [-0.39, 0.29) is 42.0 Å². The van der Waals surface area contributed by atoms with Crippen LogP contribution >= 0.6 is 12.4 Å². The predicted molar refractivity (Wildman–Crippen MR) is 101 cm³/mol. The van der Waals surface area contributed by atoms with E-state index in [9.17, 15) is 22.8 Å². The van der Waals surface area contributed by atoms with E-state index in [1.807, 2.05) is 0 Å². The van der Waals surface area contributed by atoms with E-state index in [4.69, 9.17) is 5.73 Å². The zero-order valence-electron chi connectivity index (χ0n) is 15.4. The van der Waals surface area contributed by atoms with Crippen molar-refractivity contribution in [2.45, 2.75) is 31.4 Å². The van der Waals surface area contributed by atoms with Crippen molar-refractivity contribution in [3.63, 3.8) is 0 Å². The van der Waals surface area contributed by atoms with Crippen LogP contribution in [0, 0.1) is 11.8 Å². The zero-order valence-corrected chi connectivity index (χ0v) is 16.2. The van der Waals surface area contributed by atoms with Gasteiger partial charge in [-0.3, -0.25) is 9.59 Å². The largest absolute Gasteiger partial charge is 0.416 e. The van der Waals surface area contributed by atoms with Crippen LogP contribution in [0.25, 0.3) is 0 Å². The zero-order chi connectivity index (χ0) is 19.6. The van der Waals surface area contributed by atoms with Crippen LogP contribution in [0.4, 0.5) is 13.2 Å². The molecule has 3 rings (SSSR count). The molecule has 9 heteroatoms. The lowest BCUT2D eigenvalue weighted by atomic mass is 9.96. The average Bonchev–Trinajstić information content (AvgIpc) is 3.46. The van der Waals surface area contributed by atoms with Gasteiger partial charge in [0.25, 0.3) is 0 Å². The summed E-state index contributed by atoms with van der Waals surface area (Å²) < 4.78 is 38.7. The van der Waals surface area contributed by atoms with Crippen LogP contribution in [0.15, 0.2) is 24.3 Å². The first kappa shape index (κ1) is 22.5. The highest BCUT2D eigenvalue weighted by Crippen LogP contribution is 2.49. The number of piperidine rings is 1. The van der Waals surface area contributed by atoms with Gasteiger partial charge in [-0.25, -0.2) is 0 Å². The summed E-state index contributed by atoms with van der Waals surface area (Å²) in [5.41, 5.74) is 5.25. The van der Waals surface area contributed by atoms with Crippen LogP contribution in [0.5, 0.6) is 0 Å². The maximum atomic E-state index is 12.9. The number of halogens is 4. The normalized spacial score (nSPS) is 24.3. The number of nitrogens with zero attached hydrogens (tertiary/aromatic N) is 1. The lowest BCUT2D eigenvalue weighted by Crippen LogP contribution is -2.46. The molecule has 0 radical (unpaired) electrons. The first-order valence-corrected chi connectivity index (χ1v) is 9.25. The van der Waals surface area contributed by atoms with Crippen LogP contribution in [0.3, 0.4) is 0 Å². The number of carbonyl (C=O) groups is 2. The minimum atomic E-state index is -4.39. The molecule has 28 heavy (non-hydrogen) atoms. The van der Waals surface area contributed by atoms with Crippen LogP contribution < -0.4 is 11.1 Å². The molecule has 1 saturated carbocycles. The highest BCUT2D eigenvalue weighted by molar-refractivity contribution is 5.85. The standard InChI is InChI=1S/C19H24F3N3O2.ClH/c20-19(21,22)14-5-1-3-12(9-14)15-10-16(15)18(27)25-8-2-4-13(11-25)17(26)24-7-6-23;/h1,3,5,9,13,15-16H,2,4,6-8,10-11,23H2,(H,24,26);1H. The second kappa shape index (κ2) is 9.13. The molecule has 2 aliphatic rings. The fourth-order valence-corrected chi connectivity index (χ4v) is 3.75. The maximum Gasteiger partial charge on any atom is 0.416 e. The van der Waals surface area contributed by atoms with Gasteiger partial charge in [0, 0.05) is 32.1 Å². The Bertz CT molecular complexity index is 714. The number of likely N-dealkylation sites (tertiary alicyclic amines) is 1. The molecule has 2 amide bonds. The number of nitrogens with one attached hydrogen (secondary N) is 1. The molecule has 3 N–H and O–H groups in total. The molecule has 3 atom stereocenters. The Balaban J connectivity index is 0.00000280. The number of benzene rings is 1. The summed E-state index contributed by atoms with van der Waals surface area (Å²) in [6, 6.07) is 5.21. The molecule has 0 spiro atoms. The first-order valence-electron chi connectivity index (χ1n) is 9.25. The number of rotatable bonds is 5. The van der Waals surface area contributed by atoms with Gasteiger partial charge in [0.2, 0.25) is 11.8 Å². The van der Waals surface area contributed by atoms with Gasteiger partial charge in [0.05, 0.1) is 11.5 Å². The Morgan fingerprint density at radius 3 is 2.71 bits per heavy atom. The van der Waals surface area contributed by atoms with Crippen molar-refractivity contribution in [1.29, 1.82) is 0 Å². The average molecular weight is 420 g/mol. The monoisotopic (exact) mass is 419 g/mol. The van der Waals surface area contributed by atoms with Crippen molar-refractivity contribution >= 4 is 24.2 Å². The van der Waals surface area contributed by atoms with Gasteiger partial charge in [0.15, 0.2) is 0 Å². The van der Waals surface area contributed by atoms with Crippen molar-refractivity contribution in [2.75, 3.05) is 26.2 Å². The summed E-state index contributed by atoms with van der Waals surface area (Å²) in [5, 5.41) is 2.75. The molecule has 1 aromatic rings. The molecule has 1 aliphatic carbocycles. The van der Waals surface area contributed by atoms with Crippen molar-refractivity contribution in [3.8, 4) is 0 Å². The summed E-state index contributed by atoms with van der Waals surface area (Å²) in [6.07, 6.45) is -2.36. The third kappa shape index (κ3) is 5.17. The number of alkyl halides is 3. The molecular formula is C19H25ClF3N3O2. The smallest absolute Gasteiger partial charge is 0.355 e.